The van der Waals surface area contributed by atoms with Gasteiger partial charge in [0.25, 0.3) is 0 Å². The van der Waals surface area contributed by atoms with Crippen molar-refractivity contribution in [3.8, 4) is 0 Å². The number of aromatic nitrogens is 2. The van der Waals surface area contributed by atoms with Crippen LogP contribution in [-0.4, -0.2) is 21.3 Å². The van der Waals surface area contributed by atoms with Crippen LogP contribution >= 0.6 is 11.6 Å². The lowest BCUT2D eigenvalue weighted by Gasteiger charge is -2.59. The van der Waals surface area contributed by atoms with Gasteiger partial charge in [0, 0.05) is 41.3 Å². The molecule has 114 valence electrons. The average Bonchev–Trinajstić information content (AvgIpc) is 2.79. The molecule has 2 heterocycles. The molecule has 4 bridgehead atoms. The van der Waals surface area contributed by atoms with Crippen LogP contribution in [0.5, 0.6) is 0 Å². The Morgan fingerprint density at radius 3 is 2.73 bits per heavy atom. The molecular weight excluding hydrogens is 298 g/mol. The number of allylic oxidation sites excluding steroid dienone is 1. The number of ketones is 1. The van der Waals surface area contributed by atoms with Gasteiger partial charge in [-0.1, -0.05) is 6.58 Å². The molecule has 0 amide bonds. The van der Waals surface area contributed by atoms with Crippen molar-refractivity contribution in [2.45, 2.75) is 44.1 Å². The second kappa shape index (κ2) is 4.10. The van der Waals surface area contributed by atoms with Gasteiger partial charge in [-0.15, -0.1) is 0 Å². The standard InChI is InChI=1S/C17H18ClN3O/c1-9-2-13-8-19-16(18)20-15(13)21(9)17-5-10-3-11(6-17)14(22)12(4-10)7-17/h8,10-12H,1-7H2. The molecule has 5 aliphatic rings. The summed E-state index contributed by atoms with van der Waals surface area (Å²) >= 11 is 6.03. The summed E-state index contributed by atoms with van der Waals surface area (Å²) in [6.45, 7) is 4.29. The number of Topliss-reactive ketones (excluding diaryl/α,β-unsaturated/α-hetero) is 1. The van der Waals surface area contributed by atoms with Crippen molar-refractivity contribution in [1.82, 2.24) is 9.97 Å². The number of hydrogen-bond donors (Lipinski definition) is 0. The molecule has 1 aromatic rings. The third kappa shape index (κ3) is 1.56. The van der Waals surface area contributed by atoms with Crippen molar-refractivity contribution < 1.29 is 4.79 Å². The molecule has 5 heteroatoms. The lowest BCUT2D eigenvalue weighted by atomic mass is 9.52. The van der Waals surface area contributed by atoms with Gasteiger partial charge >= 0.3 is 0 Å². The maximum atomic E-state index is 12.4. The Balaban J connectivity index is 1.62. The smallest absolute Gasteiger partial charge is 0.224 e. The maximum absolute atomic E-state index is 12.4. The summed E-state index contributed by atoms with van der Waals surface area (Å²) in [4.78, 5) is 23.4. The molecule has 6 rings (SSSR count). The zero-order chi connectivity index (χ0) is 15.1. The summed E-state index contributed by atoms with van der Waals surface area (Å²) in [6, 6.07) is 0. The van der Waals surface area contributed by atoms with Crippen LogP contribution < -0.4 is 4.90 Å². The zero-order valence-electron chi connectivity index (χ0n) is 12.4. The first-order chi connectivity index (χ1) is 10.6. The molecule has 4 fully saturated rings. The highest BCUT2D eigenvalue weighted by Crippen LogP contribution is 2.58. The normalized spacial score (nSPS) is 38.8. The predicted molar refractivity (Wildman–Crippen MR) is 83.7 cm³/mol. The van der Waals surface area contributed by atoms with Gasteiger partial charge in [0.15, 0.2) is 0 Å². The van der Waals surface area contributed by atoms with Crippen molar-refractivity contribution in [3.63, 3.8) is 0 Å². The van der Waals surface area contributed by atoms with E-state index in [2.05, 4.69) is 21.4 Å². The SMILES string of the molecule is C=C1Cc2cnc(Cl)nc2N1C12CC3CC(C1)C(=O)C(C3)C2. The predicted octanol–water partition coefficient (Wildman–Crippen LogP) is 3.15. The van der Waals surface area contributed by atoms with Crippen molar-refractivity contribution in [2.24, 2.45) is 17.8 Å². The van der Waals surface area contributed by atoms with Gasteiger partial charge in [0.2, 0.25) is 5.28 Å². The van der Waals surface area contributed by atoms with Crippen molar-refractivity contribution in [2.75, 3.05) is 4.90 Å². The quantitative estimate of drug-likeness (QED) is 0.747. The number of halogens is 1. The number of carbonyl (C=O) groups is 1. The minimum Gasteiger partial charge on any atom is -0.324 e. The second-order valence-corrected chi connectivity index (χ2v) is 7.87. The maximum Gasteiger partial charge on any atom is 0.224 e. The van der Waals surface area contributed by atoms with E-state index in [1.807, 2.05) is 6.20 Å². The number of fused-ring (bicyclic) bond motifs is 1. The third-order valence-electron chi connectivity index (χ3n) is 6.17. The van der Waals surface area contributed by atoms with E-state index >= 15 is 0 Å². The van der Waals surface area contributed by atoms with E-state index in [1.165, 1.54) is 0 Å². The summed E-state index contributed by atoms with van der Waals surface area (Å²) in [5, 5.41) is 0.291. The van der Waals surface area contributed by atoms with Crippen LogP contribution in [0.3, 0.4) is 0 Å². The molecule has 2 atom stereocenters. The van der Waals surface area contributed by atoms with E-state index in [9.17, 15) is 4.79 Å². The van der Waals surface area contributed by atoms with E-state index < -0.39 is 0 Å². The summed E-state index contributed by atoms with van der Waals surface area (Å²) in [5.74, 6) is 2.63. The van der Waals surface area contributed by atoms with Crippen LogP contribution in [0.4, 0.5) is 5.82 Å². The van der Waals surface area contributed by atoms with E-state index in [0.29, 0.717) is 17.0 Å². The van der Waals surface area contributed by atoms with E-state index in [1.54, 1.807) is 0 Å². The largest absolute Gasteiger partial charge is 0.324 e. The number of carbonyl (C=O) groups excluding carboxylic acids is 1. The van der Waals surface area contributed by atoms with Crippen LogP contribution in [-0.2, 0) is 11.2 Å². The van der Waals surface area contributed by atoms with E-state index in [-0.39, 0.29) is 17.4 Å². The molecular formula is C17H18ClN3O. The molecule has 4 aliphatic carbocycles. The first kappa shape index (κ1) is 13.1. The topological polar surface area (TPSA) is 46.1 Å². The van der Waals surface area contributed by atoms with Gasteiger partial charge in [0.05, 0.1) is 0 Å². The first-order valence-corrected chi connectivity index (χ1v) is 8.47. The van der Waals surface area contributed by atoms with Crippen LogP contribution in [0.2, 0.25) is 5.28 Å². The Hall–Kier alpha value is -1.42. The van der Waals surface area contributed by atoms with Crippen LogP contribution in [0, 0.1) is 17.8 Å². The number of anilines is 1. The fourth-order valence-corrected chi connectivity index (χ4v) is 5.81. The molecule has 1 aromatic heterocycles. The first-order valence-electron chi connectivity index (χ1n) is 8.09. The van der Waals surface area contributed by atoms with E-state index in [4.69, 9.17) is 11.6 Å². The van der Waals surface area contributed by atoms with Crippen LogP contribution in [0.25, 0.3) is 0 Å². The number of rotatable bonds is 1. The van der Waals surface area contributed by atoms with Crippen molar-refractivity contribution in [1.29, 1.82) is 0 Å². The minimum absolute atomic E-state index is 0.0322. The Morgan fingerprint density at radius 1 is 1.27 bits per heavy atom. The molecule has 4 nitrogen and oxygen atoms in total. The highest BCUT2D eigenvalue weighted by molar-refractivity contribution is 6.28. The molecule has 0 N–H and O–H groups in total. The minimum atomic E-state index is 0.0322. The third-order valence-corrected chi connectivity index (χ3v) is 6.35. The highest BCUT2D eigenvalue weighted by Gasteiger charge is 2.58. The fraction of sp³-hybridized carbons (Fsp3) is 0.588. The van der Waals surface area contributed by atoms with Gasteiger partial charge in [-0.3, -0.25) is 4.79 Å². The van der Waals surface area contributed by atoms with Gasteiger partial charge in [-0.25, -0.2) is 4.98 Å². The summed E-state index contributed by atoms with van der Waals surface area (Å²) in [6.07, 6.45) is 7.87. The molecule has 22 heavy (non-hydrogen) atoms. The fourth-order valence-electron chi connectivity index (χ4n) is 5.68. The molecule has 0 spiro atoms. The lowest BCUT2D eigenvalue weighted by Crippen LogP contribution is -2.62. The molecule has 0 saturated heterocycles. The summed E-state index contributed by atoms with van der Waals surface area (Å²) in [5.41, 5.74) is 2.22. The number of nitrogens with zero attached hydrogens (tertiary/aromatic N) is 3. The monoisotopic (exact) mass is 315 g/mol. The van der Waals surface area contributed by atoms with Crippen molar-refractivity contribution in [3.05, 3.63) is 29.3 Å². The summed E-state index contributed by atoms with van der Waals surface area (Å²) < 4.78 is 0. The summed E-state index contributed by atoms with van der Waals surface area (Å²) in [7, 11) is 0. The van der Waals surface area contributed by atoms with Gasteiger partial charge in [-0.2, -0.15) is 4.98 Å². The Morgan fingerprint density at radius 2 is 2.00 bits per heavy atom. The highest BCUT2D eigenvalue weighted by atomic mass is 35.5. The lowest BCUT2D eigenvalue weighted by molar-refractivity contribution is -0.141. The molecule has 0 radical (unpaired) electrons. The Labute approximate surface area is 134 Å². The van der Waals surface area contributed by atoms with Crippen LogP contribution in [0.15, 0.2) is 18.5 Å². The zero-order valence-corrected chi connectivity index (χ0v) is 13.1. The van der Waals surface area contributed by atoms with Gasteiger partial charge in [-0.05, 0) is 49.6 Å². The van der Waals surface area contributed by atoms with Crippen molar-refractivity contribution >= 4 is 23.2 Å². The van der Waals surface area contributed by atoms with Crippen LogP contribution in [0.1, 0.15) is 37.7 Å². The molecule has 4 saturated carbocycles. The Bertz CT molecular complexity index is 698. The second-order valence-electron chi connectivity index (χ2n) is 7.54. The number of hydrogen-bond acceptors (Lipinski definition) is 4. The molecule has 2 unspecified atom stereocenters. The molecule has 0 aromatic carbocycles. The van der Waals surface area contributed by atoms with Gasteiger partial charge in [0.1, 0.15) is 11.6 Å². The van der Waals surface area contributed by atoms with E-state index in [0.717, 1.165) is 55.6 Å². The van der Waals surface area contributed by atoms with Gasteiger partial charge < -0.3 is 4.90 Å². The Kier molecular flexibility index (Phi) is 2.44. The average molecular weight is 316 g/mol. The molecule has 1 aliphatic heterocycles.